The summed E-state index contributed by atoms with van der Waals surface area (Å²) >= 11 is 4.81. The number of nitrogens with one attached hydrogen (secondary N) is 4. The molecule has 1 saturated heterocycles. The second-order valence-corrected chi connectivity index (χ2v) is 12.3. The zero-order valence-electron chi connectivity index (χ0n) is 22.7. The van der Waals surface area contributed by atoms with Crippen molar-refractivity contribution in [2.24, 2.45) is 33.3 Å². The Bertz CT molecular complexity index is 1050. The number of likely N-dealkylation sites (tertiary alicyclic amines) is 1. The van der Waals surface area contributed by atoms with Crippen molar-refractivity contribution in [2.45, 2.75) is 64.0 Å². The molecule has 2 atom stereocenters. The van der Waals surface area contributed by atoms with Crippen LogP contribution in [0.2, 0.25) is 0 Å². The second kappa shape index (κ2) is 12.8. The zero-order valence-corrected chi connectivity index (χ0v) is 24.2. The van der Waals surface area contributed by atoms with Gasteiger partial charge in [0.15, 0.2) is 29.0 Å². The van der Waals surface area contributed by atoms with Gasteiger partial charge in [-0.25, -0.2) is 18.2 Å². The molecule has 0 aromatic rings. The van der Waals surface area contributed by atoms with Crippen LogP contribution in [0.15, 0.2) is 21.0 Å². The van der Waals surface area contributed by atoms with Crippen molar-refractivity contribution < 1.29 is 13.8 Å². The minimum atomic E-state index is -1.15. The van der Waals surface area contributed by atoms with Gasteiger partial charge in [0.2, 0.25) is 5.91 Å². The van der Waals surface area contributed by atoms with Crippen molar-refractivity contribution in [3.05, 3.63) is 11.0 Å². The highest BCUT2D eigenvalue weighted by atomic mass is 35.5. The topological polar surface area (TPSA) is 183 Å². The highest BCUT2D eigenvalue weighted by molar-refractivity contribution is 7.80. The van der Waals surface area contributed by atoms with Crippen LogP contribution < -0.4 is 32.1 Å². The van der Waals surface area contributed by atoms with Gasteiger partial charge in [0.25, 0.3) is 5.91 Å². The molecule has 15 heteroatoms. The summed E-state index contributed by atoms with van der Waals surface area (Å²) in [6.07, 6.45) is 5.16. The number of rotatable bonds is 8. The van der Waals surface area contributed by atoms with Crippen LogP contribution in [-0.2, 0) is 20.8 Å². The first-order valence-electron chi connectivity index (χ1n) is 13.7. The van der Waals surface area contributed by atoms with Crippen LogP contribution in [0, 0.1) is 11.8 Å². The number of nitrogens with two attached hydrogens (primary N) is 2. The number of piperidine rings is 1. The summed E-state index contributed by atoms with van der Waals surface area (Å²) in [5, 5.41) is 8.92. The smallest absolute Gasteiger partial charge is 0.257 e. The van der Waals surface area contributed by atoms with Crippen LogP contribution in [0.4, 0.5) is 0 Å². The van der Waals surface area contributed by atoms with E-state index in [-0.39, 0.29) is 34.2 Å². The molecule has 4 aliphatic rings. The Balaban J connectivity index is 1.18. The Morgan fingerprint density at radius 3 is 2.49 bits per heavy atom. The first kappa shape index (κ1) is 29.6. The summed E-state index contributed by atoms with van der Waals surface area (Å²) in [6.45, 7) is 8.04. The van der Waals surface area contributed by atoms with E-state index in [1.807, 2.05) is 23.1 Å². The van der Waals surface area contributed by atoms with E-state index < -0.39 is 23.1 Å². The molecule has 2 fully saturated rings. The molecular weight excluding hydrogens is 544 g/mol. The molecule has 2 unspecified atom stereocenters. The van der Waals surface area contributed by atoms with E-state index in [4.69, 9.17) is 23.1 Å². The highest BCUT2D eigenvalue weighted by Gasteiger charge is 2.42. The SMILES string of the molecule is CCN(CC)S(=O)NCC1CCC(C(=O)N2CCC3(CC2)CN=C(NC(=O)C2NC(Cl)=C(N)N=C2N)N3)CC1. The largest absolute Gasteiger partial charge is 0.385 e. The van der Waals surface area contributed by atoms with Crippen molar-refractivity contribution in [3.8, 4) is 0 Å². The lowest BCUT2D eigenvalue weighted by atomic mass is 9.80. The van der Waals surface area contributed by atoms with Gasteiger partial charge in [-0.15, -0.1) is 0 Å². The number of halogens is 1. The summed E-state index contributed by atoms with van der Waals surface area (Å²) in [4.78, 5) is 36.3. The van der Waals surface area contributed by atoms with Crippen LogP contribution in [0.3, 0.4) is 0 Å². The number of hydrogen-bond acceptors (Lipinski definition) is 9. The number of guanidine groups is 1. The van der Waals surface area contributed by atoms with E-state index in [1.165, 1.54) is 0 Å². The van der Waals surface area contributed by atoms with Gasteiger partial charge in [0.05, 0.1) is 12.1 Å². The van der Waals surface area contributed by atoms with Gasteiger partial charge in [0.1, 0.15) is 11.0 Å². The van der Waals surface area contributed by atoms with Gasteiger partial charge in [-0.3, -0.25) is 19.9 Å². The molecule has 2 amide bonds. The normalized spacial score (nSPS) is 27.5. The monoisotopic (exact) mass is 584 g/mol. The van der Waals surface area contributed by atoms with Crippen LogP contribution in [-0.4, -0.2) is 87.9 Å². The van der Waals surface area contributed by atoms with Crippen molar-refractivity contribution >= 4 is 46.4 Å². The lowest BCUT2D eigenvalue weighted by Crippen LogP contribution is -2.60. The zero-order chi connectivity index (χ0) is 28.2. The van der Waals surface area contributed by atoms with Crippen molar-refractivity contribution in [2.75, 3.05) is 39.3 Å². The van der Waals surface area contributed by atoms with E-state index in [0.29, 0.717) is 31.5 Å². The summed E-state index contributed by atoms with van der Waals surface area (Å²) in [5.41, 5.74) is 11.2. The summed E-state index contributed by atoms with van der Waals surface area (Å²) in [5.74, 6) is 0.721. The maximum absolute atomic E-state index is 13.3. The predicted molar refractivity (Wildman–Crippen MR) is 152 cm³/mol. The minimum absolute atomic E-state index is 0.0226. The molecule has 0 radical (unpaired) electrons. The average molecular weight is 585 g/mol. The van der Waals surface area contributed by atoms with Crippen LogP contribution >= 0.6 is 11.6 Å². The Morgan fingerprint density at radius 2 is 1.85 bits per heavy atom. The van der Waals surface area contributed by atoms with E-state index >= 15 is 0 Å². The summed E-state index contributed by atoms with van der Waals surface area (Å²) in [6, 6.07) is -0.944. The first-order valence-corrected chi connectivity index (χ1v) is 15.2. The number of aliphatic imine (C=N–C) groups is 2. The van der Waals surface area contributed by atoms with Gasteiger partial charge >= 0.3 is 0 Å². The number of nitrogens with zero attached hydrogens (tertiary/aromatic N) is 4. The van der Waals surface area contributed by atoms with Crippen LogP contribution in [0.25, 0.3) is 0 Å². The van der Waals surface area contributed by atoms with Crippen LogP contribution in [0.1, 0.15) is 52.4 Å². The molecule has 8 N–H and O–H groups in total. The van der Waals surface area contributed by atoms with Crippen LogP contribution in [0.5, 0.6) is 0 Å². The molecule has 0 aromatic heterocycles. The van der Waals surface area contributed by atoms with E-state index in [0.717, 1.165) is 58.2 Å². The fourth-order valence-corrected chi connectivity index (χ4v) is 6.78. The quantitative estimate of drug-likeness (QED) is 0.206. The summed E-state index contributed by atoms with van der Waals surface area (Å²) in [7, 11) is 0. The highest BCUT2D eigenvalue weighted by Crippen LogP contribution is 2.32. The molecule has 0 bridgehead atoms. The maximum atomic E-state index is 13.3. The number of carbonyl (C=O) groups is 2. The number of amidine groups is 1. The molecule has 1 aliphatic carbocycles. The van der Waals surface area contributed by atoms with Crippen molar-refractivity contribution in [1.29, 1.82) is 0 Å². The molecule has 218 valence electrons. The van der Waals surface area contributed by atoms with Gasteiger partial charge in [-0.05, 0) is 44.4 Å². The molecule has 39 heavy (non-hydrogen) atoms. The fourth-order valence-electron chi connectivity index (χ4n) is 5.60. The molecule has 3 aliphatic heterocycles. The maximum Gasteiger partial charge on any atom is 0.257 e. The average Bonchev–Trinajstić information content (AvgIpc) is 3.31. The summed E-state index contributed by atoms with van der Waals surface area (Å²) < 4.78 is 17.4. The number of hydrogen-bond donors (Lipinski definition) is 6. The Morgan fingerprint density at radius 1 is 1.18 bits per heavy atom. The predicted octanol–water partition coefficient (Wildman–Crippen LogP) is -0.607. The first-order chi connectivity index (χ1) is 18.6. The van der Waals surface area contributed by atoms with Crippen molar-refractivity contribution in [1.82, 2.24) is 29.9 Å². The number of amides is 2. The molecule has 1 spiro atoms. The van der Waals surface area contributed by atoms with Gasteiger partial charge < -0.3 is 27.0 Å². The molecule has 0 aromatic carbocycles. The third-order valence-electron chi connectivity index (χ3n) is 8.13. The fraction of sp³-hybridized carbons (Fsp3) is 0.750. The minimum Gasteiger partial charge on any atom is -0.385 e. The van der Waals surface area contributed by atoms with Gasteiger partial charge in [-0.1, -0.05) is 25.4 Å². The molecular formula is C24H41ClN10O3S. The third kappa shape index (κ3) is 7.02. The van der Waals surface area contributed by atoms with E-state index in [1.54, 1.807) is 0 Å². The second-order valence-electron chi connectivity index (χ2n) is 10.6. The molecule has 4 rings (SSSR count). The Labute approximate surface area is 237 Å². The lowest BCUT2D eigenvalue weighted by Gasteiger charge is -2.41. The Hall–Kier alpha value is -2.42. The third-order valence-corrected chi connectivity index (χ3v) is 9.83. The van der Waals surface area contributed by atoms with E-state index in [9.17, 15) is 13.8 Å². The number of carbonyl (C=O) groups excluding carboxylic acids is 2. The Kier molecular flexibility index (Phi) is 9.73. The van der Waals surface area contributed by atoms with Gasteiger partial charge in [0, 0.05) is 38.6 Å². The molecule has 3 heterocycles. The van der Waals surface area contributed by atoms with Gasteiger partial charge in [-0.2, -0.15) is 0 Å². The van der Waals surface area contributed by atoms with Crippen molar-refractivity contribution in [3.63, 3.8) is 0 Å². The van der Waals surface area contributed by atoms with E-state index in [2.05, 4.69) is 30.7 Å². The molecule has 13 nitrogen and oxygen atoms in total. The molecule has 1 saturated carbocycles. The standard InChI is InChI=1S/C24H41ClN10O3S/c1-3-35(4-2)39(38)29-13-15-5-7-16(8-6-15)22(37)34-11-9-24(10-12-34)14-28-23(33-24)32-21(36)17-19(26)31-20(27)18(25)30-17/h15-17,29-30H,3-14,27H2,1-2H3,(H2,26,31)(H2,28,32,33,36). The lowest BCUT2D eigenvalue weighted by molar-refractivity contribution is -0.138.